The molecule has 0 aliphatic carbocycles. The molecule has 3 aromatic heterocycles. The molecule has 0 radical (unpaired) electrons. The predicted molar refractivity (Wildman–Crippen MR) is 106 cm³/mol. The van der Waals surface area contributed by atoms with Crippen molar-refractivity contribution in [3.63, 3.8) is 0 Å². The average molecular weight is 429 g/mol. The standard InChI is InChI=1S/C18H21N7O3.CH2O2/c1-11-14(12(2)28-23-11)7-20-18(27)17-13-3-5-25(8-15(13)21-22-17)16(26)9-24-6-4-19-10-24;2-1-3/h4,6,10H,3,5,7-9H2,1-2H3,(H,20,27)(H,21,22);1H,(H,2,3). The second kappa shape index (κ2) is 9.69. The largest absolute Gasteiger partial charge is 0.483 e. The van der Waals surface area contributed by atoms with E-state index in [1.807, 2.05) is 13.8 Å². The summed E-state index contributed by atoms with van der Waals surface area (Å²) in [5.74, 6) is 0.437. The molecule has 0 saturated heterocycles. The van der Waals surface area contributed by atoms with Crippen LogP contribution in [0.15, 0.2) is 23.2 Å². The topological polar surface area (TPSA) is 159 Å². The van der Waals surface area contributed by atoms with Gasteiger partial charge in [-0.25, -0.2) is 4.98 Å². The third kappa shape index (κ3) is 4.97. The number of carbonyl (C=O) groups is 3. The van der Waals surface area contributed by atoms with Crippen LogP contribution in [0.25, 0.3) is 0 Å². The first kappa shape index (κ1) is 21.7. The number of fused-ring (bicyclic) bond motifs is 1. The van der Waals surface area contributed by atoms with Crippen molar-refractivity contribution in [2.24, 2.45) is 0 Å². The fourth-order valence-electron chi connectivity index (χ4n) is 3.36. The summed E-state index contributed by atoms with van der Waals surface area (Å²) in [6.07, 6.45) is 5.59. The second-order valence-electron chi connectivity index (χ2n) is 6.92. The molecular formula is C19H23N7O5. The van der Waals surface area contributed by atoms with Gasteiger partial charge in [0.1, 0.15) is 12.3 Å². The van der Waals surface area contributed by atoms with Crippen LogP contribution in [0.2, 0.25) is 0 Å². The Morgan fingerprint density at radius 1 is 1.39 bits per heavy atom. The lowest BCUT2D eigenvalue weighted by Crippen LogP contribution is -2.38. The highest BCUT2D eigenvalue weighted by Gasteiger charge is 2.27. The van der Waals surface area contributed by atoms with E-state index in [-0.39, 0.29) is 24.8 Å². The van der Waals surface area contributed by atoms with Crippen LogP contribution in [-0.2, 0) is 35.6 Å². The molecule has 1 aliphatic heterocycles. The van der Waals surface area contributed by atoms with E-state index in [2.05, 4.69) is 25.7 Å². The molecule has 12 heteroatoms. The fourth-order valence-corrected chi connectivity index (χ4v) is 3.36. The minimum Gasteiger partial charge on any atom is -0.483 e. The molecule has 164 valence electrons. The van der Waals surface area contributed by atoms with Gasteiger partial charge in [0, 0.05) is 36.6 Å². The molecule has 0 atom stereocenters. The van der Waals surface area contributed by atoms with Crippen LogP contribution < -0.4 is 5.32 Å². The van der Waals surface area contributed by atoms with E-state index >= 15 is 0 Å². The van der Waals surface area contributed by atoms with Crippen molar-refractivity contribution in [1.29, 1.82) is 0 Å². The van der Waals surface area contributed by atoms with Crippen molar-refractivity contribution in [2.75, 3.05) is 6.54 Å². The molecule has 0 fully saturated rings. The van der Waals surface area contributed by atoms with Gasteiger partial charge in [-0.2, -0.15) is 5.10 Å². The Morgan fingerprint density at radius 2 is 2.16 bits per heavy atom. The lowest BCUT2D eigenvalue weighted by atomic mass is 10.0. The van der Waals surface area contributed by atoms with E-state index in [0.717, 1.165) is 22.5 Å². The number of nitrogens with one attached hydrogen (secondary N) is 2. The third-order valence-corrected chi connectivity index (χ3v) is 4.99. The van der Waals surface area contributed by atoms with Crippen LogP contribution in [0, 0.1) is 13.8 Å². The second-order valence-corrected chi connectivity index (χ2v) is 6.92. The molecule has 0 aromatic carbocycles. The number of aromatic amines is 1. The first-order valence-electron chi connectivity index (χ1n) is 9.52. The van der Waals surface area contributed by atoms with Gasteiger partial charge in [-0.05, 0) is 20.3 Å². The Balaban J connectivity index is 0.000000858. The minimum atomic E-state index is -0.254. The predicted octanol–water partition coefficient (Wildman–Crippen LogP) is 0.427. The van der Waals surface area contributed by atoms with Crippen molar-refractivity contribution >= 4 is 18.3 Å². The van der Waals surface area contributed by atoms with Crippen LogP contribution in [0.3, 0.4) is 0 Å². The number of aromatic nitrogens is 5. The van der Waals surface area contributed by atoms with E-state index < -0.39 is 0 Å². The molecule has 1 aliphatic rings. The number of carbonyl (C=O) groups excluding carboxylic acids is 2. The fraction of sp³-hybridized carbons (Fsp3) is 0.368. The van der Waals surface area contributed by atoms with Gasteiger partial charge >= 0.3 is 0 Å². The number of aryl methyl sites for hydroxylation is 2. The van der Waals surface area contributed by atoms with Crippen LogP contribution in [0.4, 0.5) is 0 Å². The molecule has 4 heterocycles. The van der Waals surface area contributed by atoms with Crippen molar-refractivity contribution in [3.8, 4) is 0 Å². The van der Waals surface area contributed by atoms with Gasteiger partial charge in [0.25, 0.3) is 12.4 Å². The van der Waals surface area contributed by atoms with Crippen molar-refractivity contribution < 1.29 is 24.0 Å². The lowest BCUT2D eigenvalue weighted by Gasteiger charge is -2.27. The smallest absolute Gasteiger partial charge is 0.290 e. The summed E-state index contributed by atoms with van der Waals surface area (Å²) in [5.41, 5.74) is 3.67. The molecule has 0 unspecified atom stereocenters. The van der Waals surface area contributed by atoms with Gasteiger partial charge in [-0.3, -0.25) is 19.5 Å². The Kier molecular flexibility index (Phi) is 6.80. The van der Waals surface area contributed by atoms with Gasteiger partial charge in [-0.1, -0.05) is 5.16 Å². The molecular weight excluding hydrogens is 406 g/mol. The summed E-state index contributed by atoms with van der Waals surface area (Å²) in [6.45, 7) is 4.93. The highest BCUT2D eigenvalue weighted by Crippen LogP contribution is 2.21. The summed E-state index contributed by atoms with van der Waals surface area (Å²) in [5, 5.41) is 20.7. The van der Waals surface area contributed by atoms with Gasteiger partial charge in [0.05, 0.1) is 24.3 Å². The zero-order valence-corrected chi connectivity index (χ0v) is 17.2. The molecule has 3 N–H and O–H groups in total. The number of imidazole rings is 1. The van der Waals surface area contributed by atoms with E-state index in [9.17, 15) is 9.59 Å². The van der Waals surface area contributed by atoms with Gasteiger partial charge in [0.2, 0.25) is 5.91 Å². The maximum Gasteiger partial charge on any atom is 0.290 e. The van der Waals surface area contributed by atoms with Crippen molar-refractivity contribution in [1.82, 2.24) is 35.1 Å². The van der Waals surface area contributed by atoms with E-state index in [1.165, 1.54) is 0 Å². The van der Waals surface area contributed by atoms with Crippen LogP contribution >= 0.6 is 0 Å². The minimum absolute atomic E-state index is 0.00246. The van der Waals surface area contributed by atoms with Crippen LogP contribution in [0.1, 0.15) is 38.8 Å². The number of nitrogens with zero attached hydrogens (tertiary/aromatic N) is 5. The summed E-state index contributed by atoms with van der Waals surface area (Å²) in [7, 11) is 0. The maximum atomic E-state index is 12.6. The van der Waals surface area contributed by atoms with E-state index in [0.29, 0.717) is 37.5 Å². The first-order chi connectivity index (χ1) is 14.9. The molecule has 4 rings (SSSR count). The van der Waals surface area contributed by atoms with Crippen LogP contribution in [0.5, 0.6) is 0 Å². The van der Waals surface area contributed by atoms with Crippen molar-refractivity contribution in [2.45, 2.75) is 39.9 Å². The molecule has 12 nitrogen and oxygen atoms in total. The lowest BCUT2D eigenvalue weighted by molar-refractivity contribution is -0.132. The number of hydrogen-bond acceptors (Lipinski definition) is 7. The number of amides is 2. The Labute approximate surface area is 177 Å². The summed E-state index contributed by atoms with van der Waals surface area (Å²) in [4.78, 5) is 39.1. The highest BCUT2D eigenvalue weighted by molar-refractivity contribution is 5.94. The monoisotopic (exact) mass is 429 g/mol. The van der Waals surface area contributed by atoms with Gasteiger partial charge in [-0.15, -0.1) is 0 Å². The number of hydrogen-bond donors (Lipinski definition) is 3. The molecule has 31 heavy (non-hydrogen) atoms. The molecule has 0 bridgehead atoms. The number of rotatable bonds is 5. The molecule has 0 saturated carbocycles. The van der Waals surface area contributed by atoms with Gasteiger partial charge in [0.15, 0.2) is 5.69 Å². The number of carboxylic acid groups (broad SMARTS) is 1. The SMILES string of the molecule is Cc1noc(C)c1CNC(=O)c1n[nH]c2c1CCN(C(=O)Cn1ccnc1)C2.O=CO. The van der Waals surface area contributed by atoms with E-state index in [1.54, 1.807) is 28.2 Å². The number of H-pyrrole nitrogens is 1. The van der Waals surface area contributed by atoms with Crippen molar-refractivity contribution in [3.05, 3.63) is 52.7 Å². The summed E-state index contributed by atoms with van der Waals surface area (Å²) >= 11 is 0. The van der Waals surface area contributed by atoms with Crippen LogP contribution in [-0.4, -0.2) is 59.7 Å². The average Bonchev–Trinajstić information content (AvgIpc) is 3.48. The quantitative estimate of drug-likeness (QED) is 0.492. The highest BCUT2D eigenvalue weighted by atomic mass is 16.5. The first-order valence-corrected chi connectivity index (χ1v) is 9.52. The zero-order chi connectivity index (χ0) is 22.4. The zero-order valence-electron chi connectivity index (χ0n) is 17.2. The molecule has 3 aromatic rings. The van der Waals surface area contributed by atoms with E-state index in [4.69, 9.17) is 14.4 Å². The summed E-state index contributed by atoms with van der Waals surface area (Å²) < 4.78 is 6.85. The molecule has 2 amide bonds. The Hall–Kier alpha value is -3.96. The van der Waals surface area contributed by atoms with Gasteiger partial charge < -0.3 is 24.4 Å². The normalized spacial score (nSPS) is 12.5. The Morgan fingerprint density at radius 3 is 2.81 bits per heavy atom. The Bertz CT molecular complexity index is 1030. The maximum absolute atomic E-state index is 12.6. The summed E-state index contributed by atoms with van der Waals surface area (Å²) in [6, 6.07) is 0. The molecule has 0 spiro atoms. The third-order valence-electron chi connectivity index (χ3n) is 4.99.